The highest BCUT2D eigenvalue weighted by Crippen LogP contribution is 2.08. The minimum Gasteiger partial charge on any atom is -0.358 e. The standard InChI is InChI=1S/C6H11N2/c1-7-6-8-4-2-3-5-8/h4,6H,2-3,5H2,1H3. The Morgan fingerprint density at radius 1 is 1.75 bits per heavy atom. The van der Waals surface area contributed by atoms with E-state index in [-0.39, 0.29) is 0 Å². The van der Waals surface area contributed by atoms with Gasteiger partial charge in [-0.2, -0.15) is 0 Å². The van der Waals surface area contributed by atoms with E-state index in [4.69, 9.17) is 0 Å². The van der Waals surface area contributed by atoms with Gasteiger partial charge in [-0.3, -0.25) is 4.99 Å². The molecule has 0 bridgehead atoms. The monoisotopic (exact) mass is 111 g/mol. The van der Waals surface area contributed by atoms with Crippen molar-refractivity contribution in [2.24, 2.45) is 4.99 Å². The first-order valence-corrected chi connectivity index (χ1v) is 2.95. The fourth-order valence-electron chi connectivity index (χ4n) is 0.875. The molecular formula is C6H11N2. The van der Waals surface area contributed by atoms with Crippen molar-refractivity contribution in [2.75, 3.05) is 13.6 Å². The fraction of sp³-hybridized carbons (Fsp3) is 0.667. The van der Waals surface area contributed by atoms with E-state index in [2.05, 4.69) is 16.4 Å². The Kier molecular flexibility index (Phi) is 1.89. The lowest BCUT2D eigenvalue weighted by molar-refractivity contribution is 0.598. The first-order valence-electron chi connectivity index (χ1n) is 2.95. The summed E-state index contributed by atoms with van der Waals surface area (Å²) in [6, 6.07) is 0. The summed E-state index contributed by atoms with van der Waals surface area (Å²) >= 11 is 0. The third-order valence-electron chi connectivity index (χ3n) is 1.25. The second-order valence-corrected chi connectivity index (χ2v) is 1.94. The van der Waals surface area contributed by atoms with Gasteiger partial charge < -0.3 is 4.90 Å². The summed E-state index contributed by atoms with van der Waals surface area (Å²) in [5.41, 5.74) is 0. The van der Waals surface area contributed by atoms with Crippen LogP contribution in [0.4, 0.5) is 0 Å². The van der Waals surface area contributed by atoms with Crippen LogP contribution < -0.4 is 0 Å². The van der Waals surface area contributed by atoms with Crippen molar-refractivity contribution in [1.82, 2.24) is 4.90 Å². The Morgan fingerprint density at radius 2 is 2.62 bits per heavy atom. The Bertz CT molecular complexity index is 82.5. The van der Waals surface area contributed by atoms with E-state index in [1.807, 2.05) is 6.34 Å². The largest absolute Gasteiger partial charge is 0.358 e. The molecule has 1 aliphatic heterocycles. The molecule has 1 aliphatic rings. The van der Waals surface area contributed by atoms with Crippen molar-refractivity contribution in [1.29, 1.82) is 0 Å². The van der Waals surface area contributed by atoms with Crippen LogP contribution in [0.25, 0.3) is 0 Å². The van der Waals surface area contributed by atoms with Crippen molar-refractivity contribution in [3.05, 3.63) is 6.54 Å². The van der Waals surface area contributed by atoms with Crippen LogP contribution in [0.3, 0.4) is 0 Å². The highest BCUT2D eigenvalue weighted by Gasteiger charge is 2.06. The predicted octanol–water partition coefficient (Wildman–Crippen LogP) is 0.902. The van der Waals surface area contributed by atoms with Crippen molar-refractivity contribution in [3.8, 4) is 0 Å². The number of likely N-dealkylation sites (tertiary alicyclic amines) is 1. The van der Waals surface area contributed by atoms with Crippen molar-refractivity contribution in [2.45, 2.75) is 12.8 Å². The van der Waals surface area contributed by atoms with Crippen LogP contribution in [-0.2, 0) is 0 Å². The van der Waals surface area contributed by atoms with Gasteiger partial charge in [0.15, 0.2) is 0 Å². The first-order chi connectivity index (χ1) is 3.93. The summed E-state index contributed by atoms with van der Waals surface area (Å²) in [6.07, 6.45) is 4.37. The zero-order chi connectivity index (χ0) is 5.82. The molecule has 2 heteroatoms. The molecule has 0 spiro atoms. The molecule has 0 N–H and O–H groups in total. The molecule has 0 aromatic rings. The van der Waals surface area contributed by atoms with E-state index in [1.54, 1.807) is 7.05 Å². The summed E-state index contributed by atoms with van der Waals surface area (Å²) in [5.74, 6) is 0. The molecule has 1 saturated heterocycles. The quantitative estimate of drug-likeness (QED) is 0.362. The highest BCUT2D eigenvalue weighted by atomic mass is 15.2. The van der Waals surface area contributed by atoms with Gasteiger partial charge in [0.05, 0.1) is 12.9 Å². The summed E-state index contributed by atoms with van der Waals surface area (Å²) in [5, 5.41) is 0. The van der Waals surface area contributed by atoms with E-state index >= 15 is 0 Å². The second kappa shape index (κ2) is 2.70. The molecule has 1 heterocycles. The van der Waals surface area contributed by atoms with Crippen LogP contribution in [0.15, 0.2) is 4.99 Å². The van der Waals surface area contributed by atoms with E-state index in [0.29, 0.717) is 0 Å². The fourth-order valence-corrected chi connectivity index (χ4v) is 0.875. The van der Waals surface area contributed by atoms with Gasteiger partial charge in [-0.25, -0.2) is 0 Å². The molecule has 0 amide bonds. The van der Waals surface area contributed by atoms with Crippen molar-refractivity contribution < 1.29 is 0 Å². The molecule has 0 saturated carbocycles. The van der Waals surface area contributed by atoms with Gasteiger partial charge in [0.1, 0.15) is 0 Å². The minimum absolute atomic E-state index is 1.15. The number of hydrogen-bond donors (Lipinski definition) is 0. The van der Waals surface area contributed by atoms with Crippen LogP contribution in [-0.4, -0.2) is 24.8 Å². The number of hydrogen-bond acceptors (Lipinski definition) is 1. The van der Waals surface area contributed by atoms with Gasteiger partial charge in [0.25, 0.3) is 0 Å². The van der Waals surface area contributed by atoms with Gasteiger partial charge >= 0.3 is 0 Å². The summed E-state index contributed by atoms with van der Waals surface area (Å²) < 4.78 is 0. The molecular weight excluding hydrogens is 100 g/mol. The van der Waals surface area contributed by atoms with Crippen molar-refractivity contribution in [3.63, 3.8) is 0 Å². The molecule has 45 valence electrons. The lowest BCUT2D eigenvalue weighted by Gasteiger charge is -2.06. The SMILES string of the molecule is CN=CN1[CH]CCC1. The van der Waals surface area contributed by atoms with Gasteiger partial charge in [-0.15, -0.1) is 0 Å². The summed E-state index contributed by atoms with van der Waals surface area (Å²) in [6.45, 7) is 3.32. The van der Waals surface area contributed by atoms with E-state index in [0.717, 1.165) is 6.54 Å². The molecule has 1 fully saturated rings. The van der Waals surface area contributed by atoms with Gasteiger partial charge in [-0.05, 0) is 12.8 Å². The minimum atomic E-state index is 1.15. The zero-order valence-corrected chi connectivity index (χ0v) is 5.17. The Balaban J connectivity index is 2.24. The third kappa shape index (κ3) is 1.22. The van der Waals surface area contributed by atoms with Gasteiger partial charge in [-0.1, -0.05) is 0 Å². The first kappa shape index (κ1) is 5.60. The highest BCUT2D eigenvalue weighted by molar-refractivity contribution is 5.55. The average molecular weight is 111 g/mol. The number of nitrogens with zero attached hydrogens (tertiary/aromatic N) is 2. The number of rotatable bonds is 1. The molecule has 8 heavy (non-hydrogen) atoms. The van der Waals surface area contributed by atoms with Crippen LogP contribution in [0.5, 0.6) is 0 Å². The van der Waals surface area contributed by atoms with E-state index in [1.165, 1.54) is 12.8 Å². The molecule has 2 nitrogen and oxygen atoms in total. The number of aliphatic imine (C=N–C) groups is 1. The predicted molar refractivity (Wildman–Crippen MR) is 34.7 cm³/mol. The Hall–Kier alpha value is -0.530. The maximum Gasteiger partial charge on any atom is 0.0849 e. The maximum absolute atomic E-state index is 3.89. The van der Waals surface area contributed by atoms with Crippen LogP contribution in [0, 0.1) is 6.54 Å². The average Bonchev–Trinajstić information content (AvgIpc) is 2.19. The molecule has 1 rings (SSSR count). The topological polar surface area (TPSA) is 15.6 Å². The zero-order valence-electron chi connectivity index (χ0n) is 5.17. The Labute approximate surface area is 50.2 Å². The molecule has 0 aliphatic carbocycles. The lowest BCUT2D eigenvalue weighted by atomic mass is 10.4. The molecule has 0 aromatic heterocycles. The molecule has 0 atom stereocenters. The van der Waals surface area contributed by atoms with Crippen molar-refractivity contribution >= 4 is 6.34 Å². The second-order valence-electron chi connectivity index (χ2n) is 1.94. The Morgan fingerprint density at radius 3 is 3.12 bits per heavy atom. The molecule has 0 aromatic carbocycles. The lowest BCUT2D eigenvalue weighted by Crippen LogP contribution is -2.11. The summed E-state index contributed by atoms with van der Waals surface area (Å²) in [7, 11) is 1.80. The molecule has 0 unspecified atom stereocenters. The third-order valence-corrected chi connectivity index (χ3v) is 1.25. The normalized spacial score (nSPS) is 20.9. The van der Waals surface area contributed by atoms with Crippen LogP contribution in [0.1, 0.15) is 12.8 Å². The van der Waals surface area contributed by atoms with E-state index in [9.17, 15) is 0 Å². The summed E-state index contributed by atoms with van der Waals surface area (Å²) in [4.78, 5) is 6.01. The van der Waals surface area contributed by atoms with E-state index < -0.39 is 0 Å². The van der Waals surface area contributed by atoms with Crippen LogP contribution >= 0.6 is 0 Å². The maximum atomic E-state index is 3.89. The smallest absolute Gasteiger partial charge is 0.0849 e. The molecule has 1 radical (unpaired) electrons. The van der Waals surface area contributed by atoms with Crippen LogP contribution in [0.2, 0.25) is 0 Å². The van der Waals surface area contributed by atoms with Gasteiger partial charge in [0, 0.05) is 13.6 Å². The van der Waals surface area contributed by atoms with Gasteiger partial charge in [0.2, 0.25) is 0 Å².